The number of rotatable bonds is 6. The quantitative estimate of drug-likeness (QED) is 0.320. The average molecular weight is 266 g/mol. The van der Waals surface area contributed by atoms with E-state index in [1.54, 1.807) is 30.3 Å². The minimum atomic E-state index is -1.29. The Bertz CT molecular complexity index is 460. The maximum Gasteiger partial charge on any atom is 0.312 e. The van der Waals surface area contributed by atoms with Gasteiger partial charge in [-0.3, -0.25) is 19.6 Å². The smallest absolute Gasteiger partial charge is 0.312 e. The van der Waals surface area contributed by atoms with E-state index in [0.717, 1.165) is 5.56 Å². The summed E-state index contributed by atoms with van der Waals surface area (Å²) in [5.74, 6) is -2.89. The second-order valence-electron chi connectivity index (χ2n) is 3.86. The molecule has 0 radical (unpaired) electrons. The first-order valence-corrected chi connectivity index (χ1v) is 5.52. The van der Waals surface area contributed by atoms with Gasteiger partial charge in [0.15, 0.2) is 0 Å². The Balaban J connectivity index is 2.70. The number of hydroxylamine groups is 1. The number of carboxylic acids is 1. The highest BCUT2D eigenvalue weighted by atomic mass is 16.5. The molecule has 1 aromatic rings. The molecule has 0 saturated carbocycles. The highest BCUT2D eigenvalue weighted by Crippen LogP contribution is 2.03. The van der Waals surface area contributed by atoms with Crippen LogP contribution in [0.1, 0.15) is 12.0 Å². The van der Waals surface area contributed by atoms with Gasteiger partial charge in [-0.2, -0.15) is 0 Å². The predicted molar refractivity (Wildman–Crippen MR) is 64.3 cm³/mol. The van der Waals surface area contributed by atoms with Gasteiger partial charge in [-0.15, -0.1) is 0 Å². The lowest BCUT2D eigenvalue weighted by molar-refractivity contribution is -0.142. The Kier molecular flexibility index (Phi) is 5.49. The van der Waals surface area contributed by atoms with Crippen molar-refractivity contribution in [2.24, 2.45) is 0 Å². The molecule has 2 amide bonds. The van der Waals surface area contributed by atoms with Crippen LogP contribution in [0.5, 0.6) is 0 Å². The molecule has 19 heavy (non-hydrogen) atoms. The summed E-state index contributed by atoms with van der Waals surface area (Å²) in [5.41, 5.74) is 2.21. The number of hydrogen-bond donors (Lipinski definition) is 4. The number of hydrogen-bond acceptors (Lipinski definition) is 4. The van der Waals surface area contributed by atoms with Crippen LogP contribution in [0.25, 0.3) is 0 Å². The fraction of sp³-hybridized carbons (Fsp3) is 0.250. The van der Waals surface area contributed by atoms with Crippen LogP contribution < -0.4 is 10.8 Å². The van der Waals surface area contributed by atoms with E-state index in [1.807, 2.05) is 0 Å². The van der Waals surface area contributed by atoms with Crippen molar-refractivity contribution < 1.29 is 24.7 Å². The number of benzene rings is 1. The molecule has 7 heteroatoms. The van der Waals surface area contributed by atoms with Gasteiger partial charge in [0.25, 0.3) is 5.91 Å². The molecule has 0 aromatic heterocycles. The molecule has 0 bridgehead atoms. The number of nitrogens with one attached hydrogen (secondary N) is 2. The van der Waals surface area contributed by atoms with Crippen molar-refractivity contribution in [3.8, 4) is 0 Å². The summed E-state index contributed by atoms with van der Waals surface area (Å²) in [7, 11) is 0. The summed E-state index contributed by atoms with van der Waals surface area (Å²) in [6.45, 7) is 0. The SMILES string of the molecule is O=C(O)CC(=O)N[C@@H](Cc1ccccc1)C(=O)NO. The minimum absolute atomic E-state index is 0.151. The lowest BCUT2D eigenvalue weighted by Crippen LogP contribution is -2.47. The molecule has 102 valence electrons. The van der Waals surface area contributed by atoms with Crippen molar-refractivity contribution in [2.45, 2.75) is 18.9 Å². The molecular formula is C12H14N2O5. The maximum absolute atomic E-state index is 11.4. The summed E-state index contributed by atoms with van der Waals surface area (Å²) < 4.78 is 0. The molecule has 0 heterocycles. The van der Waals surface area contributed by atoms with E-state index in [-0.39, 0.29) is 6.42 Å². The number of aliphatic carboxylic acids is 1. The van der Waals surface area contributed by atoms with Gasteiger partial charge < -0.3 is 10.4 Å². The topological polar surface area (TPSA) is 116 Å². The standard InChI is InChI=1S/C12H14N2O5/c15-10(7-11(16)17)13-9(12(18)14-19)6-8-4-2-1-3-5-8/h1-5,9,19H,6-7H2,(H,13,15)(H,14,18)(H,16,17)/t9-/m0/s1. The van der Waals surface area contributed by atoms with E-state index >= 15 is 0 Å². The van der Waals surface area contributed by atoms with Gasteiger partial charge in [0.05, 0.1) is 0 Å². The van der Waals surface area contributed by atoms with Gasteiger partial charge in [0.1, 0.15) is 12.5 Å². The highest BCUT2D eigenvalue weighted by Gasteiger charge is 2.21. The van der Waals surface area contributed by atoms with Gasteiger partial charge in [0, 0.05) is 6.42 Å². The van der Waals surface area contributed by atoms with Crippen LogP contribution in [0.4, 0.5) is 0 Å². The average Bonchev–Trinajstić information content (AvgIpc) is 2.37. The minimum Gasteiger partial charge on any atom is -0.481 e. The molecule has 0 saturated heterocycles. The van der Waals surface area contributed by atoms with Crippen LogP contribution in [0.2, 0.25) is 0 Å². The molecule has 7 nitrogen and oxygen atoms in total. The summed E-state index contributed by atoms with van der Waals surface area (Å²) >= 11 is 0. The van der Waals surface area contributed by atoms with Crippen molar-refractivity contribution in [1.82, 2.24) is 10.8 Å². The second kappa shape index (κ2) is 7.12. The van der Waals surface area contributed by atoms with Crippen molar-refractivity contribution >= 4 is 17.8 Å². The van der Waals surface area contributed by atoms with E-state index in [0.29, 0.717) is 0 Å². The third-order valence-corrected chi connectivity index (χ3v) is 2.36. The summed E-state index contributed by atoms with van der Waals surface area (Å²) in [4.78, 5) is 33.1. The Morgan fingerprint density at radius 1 is 1.16 bits per heavy atom. The number of carbonyl (C=O) groups is 3. The van der Waals surface area contributed by atoms with Crippen molar-refractivity contribution in [1.29, 1.82) is 0 Å². The molecule has 4 N–H and O–H groups in total. The molecule has 0 fully saturated rings. The zero-order valence-electron chi connectivity index (χ0n) is 10.00. The summed E-state index contributed by atoms with van der Waals surface area (Å²) in [6.07, 6.45) is -0.581. The summed E-state index contributed by atoms with van der Waals surface area (Å²) in [5, 5.41) is 19.3. The Morgan fingerprint density at radius 3 is 2.32 bits per heavy atom. The van der Waals surface area contributed by atoms with E-state index < -0.39 is 30.2 Å². The highest BCUT2D eigenvalue weighted by molar-refractivity contribution is 5.95. The van der Waals surface area contributed by atoms with Gasteiger partial charge in [-0.25, -0.2) is 5.48 Å². The molecule has 0 aliphatic heterocycles. The van der Waals surface area contributed by atoms with E-state index in [2.05, 4.69) is 5.32 Å². The first kappa shape index (κ1) is 14.7. The fourth-order valence-electron chi connectivity index (χ4n) is 1.52. The predicted octanol–water partition coefficient (Wildman–Crippen LogP) is -0.306. The van der Waals surface area contributed by atoms with Gasteiger partial charge >= 0.3 is 5.97 Å². The molecule has 0 unspecified atom stereocenters. The molecule has 0 spiro atoms. The monoisotopic (exact) mass is 266 g/mol. The number of amides is 2. The second-order valence-corrected chi connectivity index (χ2v) is 3.86. The third kappa shape index (κ3) is 5.17. The molecule has 0 aliphatic carbocycles. The zero-order chi connectivity index (χ0) is 14.3. The molecule has 1 aromatic carbocycles. The fourth-order valence-corrected chi connectivity index (χ4v) is 1.52. The molecule has 0 aliphatic rings. The van der Waals surface area contributed by atoms with Crippen molar-refractivity contribution in [3.05, 3.63) is 35.9 Å². The molecule has 1 rings (SSSR count). The van der Waals surface area contributed by atoms with Crippen LogP contribution in [0.15, 0.2) is 30.3 Å². The lowest BCUT2D eigenvalue weighted by atomic mass is 10.1. The number of carbonyl (C=O) groups excluding carboxylic acids is 2. The number of carboxylic acid groups (broad SMARTS) is 1. The van der Waals surface area contributed by atoms with Crippen molar-refractivity contribution in [2.75, 3.05) is 0 Å². The van der Waals surface area contributed by atoms with Crippen LogP contribution in [0.3, 0.4) is 0 Å². The lowest BCUT2D eigenvalue weighted by Gasteiger charge is -2.16. The van der Waals surface area contributed by atoms with Crippen LogP contribution in [-0.4, -0.2) is 34.1 Å². The van der Waals surface area contributed by atoms with E-state index in [4.69, 9.17) is 10.3 Å². The van der Waals surface area contributed by atoms with Crippen molar-refractivity contribution in [3.63, 3.8) is 0 Å². The summed E-state index contributed by atoms with van der Waals surface area (Å²) in [6, 6.07) is 7.81. The maximum atomic E-state index is 11.4. The Morgan fingerprint density at radius 2 is 1.79 bits per heavy atom. The van der Waals surface area contributed by atoms with Crippen LogP contribution in [0, 0.1) is 0 Å². The third-order valence-electron chi connectivity index (χ3n) is 2.36. The van der Waals surface area contributed by atoms with E-state index in [1.165, 1.54) is 5.48 Å². The van der Waals surface area contributed by atoms with Gasteiger partial charge in [-0.1, -0.05) is 30.3 Å². The van der Waals surface area contributed by atoms with Gasteiger partial charge in [0.2, 0.25) is 5.91 Å². The zero-order valence-corrected chi connectivity index (χ0v) is 10.00. The Hall–Kier alpha value is -2.41. The van der Waals surface area contributed by atoms with Gasteiger partial charge in [-0.05, 0) is 5.56 Å². The first-order chi connectivity index (χ1) is 9.02. The molecule has 1 atom stereocenters. The largest absolute Gasteiger partial charge is 0.481 e. The first-order valence-electron chi connectivity index (χ1n) is 5.52. The normalized spacial score (nSPS) is 11.4. The van der Waals surface area contributed by atoms with E-state index in [9.17, 15) is 14.4 Å². The molecular weight excluding hydrogens is 252 g/mol. The van der Waals surface area contributed by atoms with Crippen LogP contribution in [-0.2, 0) is 20.8 Å². The van der Waals surface area contributed by atoms with Crippen LogP contribution >= 0.6 is 0 Å². The Labute approximate surface area is 109 Å².